The first-order chi connectivity index (χ1) is 9.59. The summed E-state index contributed by atoms with van der Waals surface area (Å²) in [5.41, 5.74) is 0.655. The number of Topliss-reactive ketones (excluding diaryl/α,β-unsaturated/α-hetero) is 1. The molecule has 0 bridgehead atoms. The van der Waals surface area contributed by atoms with E-state index in [1.54, 1.807) is 24.3 Å². The molecule has 0 saturated heterocycles. The Bertz CT molecular complexity index is 611. The van der Waals surface area contributed by atoms with E-state index in [1.165, 1.54) is 12.1 Å². The van der Waals surface area contributed by atoms with E-state index in [1.807, 2.05) is 6.07 Å². The van der Waals surface area contributed by atoms with Crippen LogP contribution in [0.2, 0.25) is 0 Å². The Morgan fingerprint density at radius 2 is 1.75 bits per heavy atom. The van der Waals surface area contributed by atoms with Crippen molar-refractivity contribution >= 4 is 21.7 Å². The Morgan fingerprint density at radius 1 is 1.05 bits per heavy atom. The molecule has 2 aromatic rings. The molecule has 0 unspecified atom stereocenters. The Morgan fingerprint density at radius 3 is 2.45 bits per heavy atom. The molecule has 0 aliphatic heterocycles. The van der Waals surface area contributed by atoms with Gasteiger partial charge in [-0.25, -0.2) is 8.78 Å². The number of carbonyl (C=O) groups is 1. The normalized spacial score (nSPS) is 10.6. The van der Waals surface area contributed by atoms with Gasteiger partial charge in [0, 0.05) is 17.5 Å². The molecule has 0 radical (unpaired) electrons. The molecular formula is C16H13BrF2O. The van der Waals surface area contributed by atoms with E-state index in [0.29, 0.717) is 12.0 Å². The zero-order valence-corrected chi connectivity index (χ0v) is 12.3. The molecular weight excluding hydrogens is 326 g/mol. The number of hydrogen-bond acceptors (Lipinski definition) is 1. The van der Waals surface area contributed by atoms with Gasteiger partial charge < -0.3 is 0 Å². The van der Waals surface area contributed by atoms with Crippen molar-refractivity contribution in [3.05, 3.63) is 69.7 Å². The van der Waals surface area contributed by atoms with Gasteiger partial charge in [-0.1, -0.05) is 30.3 Å². The average Bonchev–Trinajstić information content (AvgIpc) is 2.47. The second kappa shape index (κ2) is 6.75. The molecule has 20 heavy (non-hydrogen) atoms. The maximum atomic E-state index is 13.7. The summed E-state index contributed by atoms with van der Waals surface area (Å²) in [4.78, 5) is 11.9. The number of ketones is 1. The van der Waals surface area contributed by atoms with Gasteiger partial charge in [0.25, 0.3) is 0 Å². The van der Waals surface area contributed by atoms with Crippen molar-refractivity contribution in [3.8, 4) is 0 Å². The molecule has 0 spiro atoms. The number of hydrogen-bond donors (Lipinski definition) is 0. The van der Waals surface area contributed by atoms with Crippen LogP contribution in [0.25, 0.3) is 0 Å². The lowest BCUT2D eigenvalue weighted by atomic mass is 10.0. The van der Waals surface area contributed by atoms with Gasteiger partial charge in [0.2, 0.25) is 0 Å². The van der Waals surface area contributed by atoms with Gasteiger partial charge in [0.15, 0.2) is 5.78 Å². The van der Waals surface area contributed by atoms with Gasteiger partial charge in [-0.3, -0.25) is 4.79 Å². The molecule has 0 amide bonds. The zero-order valence-electron chi connectivity index (χ0n) is 10.7. The molecule has 0 aliphatic carbocycles. The predicted octanol–water partition coefficient (Wildman–Crippen LogP) is 4.93. The van der Waals surface area contributed by atoms with Crippen molar-refractivity contribution in [2.24, 2.45) is 0 Å². The van der Waals surface area contributed by atoms with Gasteiger partial charge >= 0.3 is 0 Å². The molecule has 0 saturated carbocycles. The summed E-state index contributed by atoms with van der Waals surface area (Å²) in [6, 6.07) is 11.5. The number of halogens is 3. The van der Waals surface area contributed by atoms with Gasteiger partial charge in [0.05, 0.1) is 4.47 Å². The van der Waals surface area contributed by atoms with Crippen molar-refractivity contribution < 1.29 is 13.6 Å². The maximum absolute atomic E-state index is 13.7. The minimum atomic E-state index is -0.586. The van der Waals surface area contributed by atoms with Gasteiger partial charge in [-0.15, -0.1) is 0 Å². The Balaban J connectivity index is 1.97. The standard InChI is InChI=1S/C16H13BrF2O/c17-13-9-10-14(18)12(16(13)19)7-4-8-15(20)11-5-2-1-3-6-11/h1-3,5-6,9-10H,4,7-8H2. The summed E-state index contributed by atoms with van der Waals surface area (Å²) >= 11 is 3.03. The minimum Gasteiger partial charge on any atom is -0.294 e. The largest absolute Gasteiger partial charge is 0.294 e. The van der Waals surface area contributed by atoms with Crippen LogP contribution in [0.4, 0.5) is 8.78 Å². The summed E-state index contributed by atoms with van der Waals surface area (Å²) in [6.45, 7) is 0. The van der Waals surface area contributed by atoms with Crippen molar-refractivity contribution in [2.45, 2.75) is 19.3 Å². The summed E-state index contributed by atoms with van der Waals surface area (Å²) < 4.78 is 27.5. The maximum Gasteiger partial charge on any atom is 0.162 e. The highest BCUT2D eigenvalue weighted by molar-refractivity contribution is 9.10. The first-order valence-electron chi connectivity index (χ1n) is 6.30. The highest BCUT2D eigenvalue weighted by Crippen LogP contribution is 2.23. The van der Waals surface area contributed by atoms with Gasteiger partial charge in [-0.05, 0) is 40.9 Å². The third-order valence-electron chi connectivity index (χ3n) is 3.07. The lowest BCUT2D eigenvalue weighted by molar-refractivity contribution is 0.0980. The highest BCUT2D eigenvalue weighted by Gasteiger charge is 2.13. The van der Waals surface area contributed by atoms with E-state index in [-0.39, 0.29) is 28.7 Å². The zero-order chi connectivity index (χ0) is 14.5. The molecule has 1 nitrogen and oxygen atoms in total. The Labute approximate surface area is 124 Å². The minimum absolute atomic E-state index is 0.0126. The van der Waals surface area contributed by atoms with E-state index in [0.717, 1.165) is 0 Å². The molecule has 4 heteroatoms. The monoisotopic (exact) mass is 338 g/mol. The number of benzene rings is 2. The molecule has 2 aromatic carbocycles. The first-order valence-corrected chi connectivity index (χ1v) is 7.09. The third kappa shape index (κ3) is 3.51. The second-order valence-corrected chi connectivity index (χ2v) is 5.32. The molecule has 104 valence electrons. The number of carbonyl (C=O) groups excluding carboxylic acids is 1. The van der Waals surface area contributed by atoms with Crippen molar-refractivity contribution in [1.29, 1.82) is 0 Å². The van der Waals surface area contributed by atoms with E-state index in [9.17, 15) is 13.6 Å². The summed E-state index contributed by atoms with van der Waals surface area (Å²) in [6.07, 6.45) is 0.892. The van der Waals surface area contributed by atoms with Crippen LogP contribution in [0.15, 0.2) is 46.9 Å². The summed E-state index contributed by atoms with van der Waals surface area (Å²) in [7, 11) is 0. The topological polar surface area (TPSA) is 17.1 Å². The smallest absolute Gasteiger partial charge is 0.162 e. The van der Waals surface area contributed by atoms with Crippen LogP contribution in [0.5, 0.6) is 0 Å². The summed E-state index contributed by atoms with van der Waals surface area (Å²) in [5.74, 6) is -1.17. The fraction of sp³-hybridized carbons (Fsp3) is 0.188. The van der Waals surface area contributed by atoms with E-state index in [4.69, 9.17) is 0 Å². The molecule has 2 rings (SSSR count). The van der Waals surface area contributed by atoms with E-state index < -0.39 is 11.6 Å². The van der Waals surface area contributed by atoms with E-state index >= 15 is 0 Å². The van der Waals surface area contributed by atoms with Crippen molar-refractivity contribution in [3.63, 3.8) is 0 Å². The first kappa shape index (κ1) is 14.9. The van der Waals surface area contributed by atoms with Crippen LogP contribution < -0.4 is 0 Å². The molecule has 0 aliphatic rings. The molecule has 0 N–H and O–H groups in total. The van der Waals surface area contributed by atoms with Crippen LogP contribution in [0.1, 0.15) is 28.8 Å². The lowest BCUT2D eigenvalue weighted by Crippen LogP contribution is -2.02. The van der Waals surface area contributed by atoms with Gasteiger partial charge in [-0.2, -0.15) is 0 Å². The van der Waals surface area contributed by atoms with Crippen molar-refractivity contribution in [2.75, 3.05) is 0 Å². The van der Waals surface area contributed by atoms with Crippen LogP contribution in [-0.2, 0) is 6.42 Å². The van der Waals surface area contributed by atoms with Crippen LogP contribution in [0.3, 0.4) is 0 Å². The Kier molecular flexibility index (Phi) is 5.01. The fourth-order valence-electron chi connectivity index (χ4n) is 1.99. The molecule has 0 fully saturated rings. The fourth-order valence-corrected chi connectivity index (χ4v) is 2.36. The lowest BCUT2D eigenvalue weighted by Gasteiger charge is -2.06. The van der Waals surface area contributed by atoms with Crippen LogP contribution in [-0.4, -0.2) is 5.78 Å². The SMILES string of the molecule is O=C(CCCc1c(F)ccc(Br)c1F)c1ccccc1. The highest BCUT2D eigenvalue weighted by atomic mass is 79.9. The Hall–Kier alpha value is -1.55. The average molecular weight is 339 g/mol. The number of rotatable bonds is 5. The predicted molar refractivity (Wildman–Crippen MR) is 77.8 cm³/mol. The third-order valence-corrected chi connectivity index (χ3v) is 3.68. The van der Waals surface area contributed by atoms with Gasteiger partial charge in [0.1, 0.15) is 11.6 Å². The molecule has 0 atom stereocenters. The molecule has 0 aromatic heterocycles. The van der Waals surface area contributed by atoms with Crippen LogP contribution in [0, 0.1) is 11.6 Å². The quantitative estimate of drug-likeness (QED) is 0.557. The molecule has 0 heterocycles. The van der Waals surface area contributed by atoms with Crippen LogP contribution >= 0.6 is 15.9 Å². The second-order valence-electron chi connectivity index (χ2n) is 4.46. The van der Waals surface area contributed by atoms with E-state index in [2.05, 4.69) is 15.9 Å². The summed E-state index contributed by atoms with van der Waals surface area (Å²) in [5, 5.41) is 0. The van der Waals surface area contributed by atoms with Crippen molar-refractivity contribution in [1.82, 2.24) is 0 Å².